The Morgan fingerprint density at radius 3 is 3.05 bits per heavy atom. The molecule has 1 N–H and O–H groups in total. The van der Waals surface area contributed by atoms with Gasteiger partial charge in [-0.1, -0.05) is 18.2 Å². The summed E-state index contributed by atoms with van der Waals surface area (Å²) in [7, 11) is 0. The Morgan fingerprint density at radius 2 is 2.30 bits per heavy atom. The van der Waals surface area contributed by atoms with Gasteiger partial charge in [0, 0.05) is 10.7 Å². The zero-order valence-electron chi connectivity index (χ0n) is 11.0. The molecular formula is C14H14N4OS. The standard InChI is InChI=1S/C14H14N4OS/c1-10(7-18-9-15-8-16-18)17-14(19)13-6-11-4-2-3-5-12(11)20-13/h2-6,8-10H,7H2,1H3,(H,17,19). The van der Waals surface area contributed by atoms with E-state index in [-0.39, 0.29) is 11.9 Å². The second-order valence-electron chi connectivity index (χ2n) is 4.64. The first-order chi connectivity index (χ1) is 9.72. The van der Waals surface area contributed by atoms with Crippen LogP contribution in [0.3, 0.4) is 0 Å². The fraction of sp³-hybridized carbons (Fsp3) is 0.214. The number of aromatic nitrogens is 3. The Morgan fingerprint density at radius 1 is 1.45 bits per heavy atom. The molecule has 1 amide bonds. The summed E-state index contributed by atoms with van der Waals surface area (Å²) < 4.78 is 2.83. The van der Waals surface area contributed by atoms with Gasteiger partial charge in [0.15, 0.2) is 0 Å². The van der Waals surface area contributed by atoms with Crippen LogP contribution in [0.2, 0.25) is 0 Å². The lowest BCUT2D eigenvalue weighted by atomic mass is 10.2. The molecule has 102 valence electrons. The fourth-order valence-electron chi connectivity index (χ4n) is 2.04. The van der Waals surface area contributed by atoms with E-state index in [4.69, 9.17) is 0 Å². The first kappa shape index (κ1) is 12.8. The van der Waals surface area contributed by atoms with E-state index < -0.39 is 0 Å². The second kappa shape index (κ2) is 5.42. The number of fused-ring (bicyclic) bond motifs is 1. The van der Waals surface area contributed by atoms with Gasteiger partial charge in [-0.2, -0.15) is 5.10 Å². The lowest BCUT2D eigenvalue weighted by Crippen LogP contribution is -2.35. The molecular weight excluding hydrogens is 272 g/mol. The number of thiophene rings is 1. The van der Waals surface area contributed by atoms with Crippen LogP contribution in [0, 0.1) is 0 Å². The summed E-state index contributed by atoms with van der Waals surface area (Å²) in [6.45, 7) is 2.56. The van der Waals surface area contributed by atoms with Gasteiger partial charge in [0.1, 0.15) is 12.7 Å². The molecule has 5 nitrogen and oxygen atoms in total. The van der Waals surface area contributed by atoms with Crippen LogP contribution in [0.4, 0.5) is 0 Å². The molecule has 0 saturated heterocycles. The monoisotopic (exact) mass is 286 g/mol. The molecule has 0 fully saturated rings. The smallest absolute Gasteiger partial charge is 0.261 e. The molecule has 3 aromatic rings. The molecule has 6 heteroatoms. The summed E-state index contributed by atoms with van der Waals surface area (Å²) in [5.74, 6) is -0.0428. The number of hydrogen-bond donors (Lipinski definition) is 1. The van der Waals surface area contributed by atoms with Crippen LogP contribution in [0.25, 0.3) is 10.1 Å². The molecule has 0 aliphatic heterocycles. The molecule has 0 spiro atoms. The molecule has 0 saturated carbocycles. The molecule has 0 aliphatic carbocycles. The summed E-state index contributed by atoms with van der Waals surface area (Å²) in [6, 6.07) is 9.92. The number of carbonyl (C=O) groups excluding carboxylic acids is 1. The van der Waals surface area contributed by atoms with E-state index in [0.29, 0.717) is 6.54 Å². The van der Waals surface area contributed by atoms with Crippen LogP contribution in [0.1, 0.15) is 16.6 Å². The number of amides is 1. The van der Waals surface area contributed by atoms with Gasteiger partial charge in [-0.05, 0) is 24.4 Å². The highest BCUT2D eigenvalue weighted by Crippen LogP contribution is 2.25. The lowest BCUT2D eigenvalue weighted by molar-refractivity contribution is 0.0940. The van der Waals surface area contributed by atoms with Gasteiger partial charge in [0.25, 0.3) is 5.91 Å². The average Bonchev–Trinajstić information content (AvgIpc) is 3.06. The highest BCUT2D eigenvalue weighted by molar-refractivity contribution is 7.20. The van der Waals surface area contributed by atoms with Gasteiger partial charge in [-0.3, -0.25) is 9.48 Å². The first-order valence-corrected chi connectivity index (χ1v) is 7.16. The van der Waals surface area contributed by atoms with E-state index in [0.717, 1.165) is 15.0 Å². The molecule has 0 aliphatic rings. The molecule has 2 heterocycles. The predicted molar refractivity (Wildman–Crippen MR) is 78.8 cm³/mol. The van der Waals surface area contributed by atoms with Gasteiger partial charge in [-0.25, -0.2) is 4.98 Å². The third-order valence-corrected chi connectivity index (χ3v) is 4.07. The van der Waals surface area contributed by atoms with Gasteiger partial charge in [-0.15, -0.1) is 11.3 Å². The topological polar surface area (TPSA) is 59.8 Å². The molecule has 1 aromatic carbocycles. The van der Waals surface area contributed by atoms with Crippen molar-refractivity contribution in [1.82, 2.24) is 20.1 Å². The minimum atomic E-state index is -0.0428. The van der Waals surface area contributed by atoms with Gasteiger partial charge >= 0.3 is 0 Å². The summed E-state index contributed by atoms with van der Waals surface area (Å²) in [4.78, 5) is 16.8. The second-order valence-corrected chi connectivity index (χ2v) is 5.72. The van der Waals surface area contributed by atoms with E-state index in [1.807, 2.05) is 37.3 Å². The Hall–Kier alpha value is -2.21. The summed E-state index contributed by atoms with van der Waals surface area (Å²) in [5.41, 5.74) is 0. The Labute approximate surface area is 120 Å². The molecule has 1 unspecified atom stereocenters. The van der Waals surface area contributed by atoms with E-state index in [1.165, 1.54) is 17.7 Å². The highest BCUT2D eigenvalue weighted by atomic mass is 32.1. The van der Waals surface area contributed by atoms with Crippen LogP contribution >= 0.6 is 11.3 Å². The van der Waals surface area contributed by atoms with Crippen molar-refractivity contribution in [1.29, 1.82) is 0 Å². The Kier molecular flexibility index (Phi) is 3.47. The maximum Gasteiger partial charge on any atom is 0.261 e. The number of benzene rings is 1. The lowest BCUT2D eigenvalue weighted by Gasteiger charge is -2.12. The maximum absolute atomic E-state index is 12.2. The number of nitrogens with one attached hydrogen (secondary N) is 1. The van der Waals surface area contributed by atoms with Crippen molar-refractivity contribution < 1.29 is 4.79 Å². The number of rotatable bonds is 4. The van der Waals surface area contributed by atoms with Crippen molar-refractivity contribution in [3.05, 3.63) is 47.9 Å². The normalized spacial score (nSPS) is 12.4. The van der Waals surface area contributed by atoms with E-state index in [1.54, 1.807) is 11.0 Å². The van der Waals surface area contributed by atoms with Crippen LogP contribution < -0.4 is 5.32 Å². The van der Waals surface area contributed by atoms with Crippen molar-refractivity contribution >= 4 is 27.3 Å². The summed E-state index contributed by atoms with van der Waals surface area (Å²) >= 11 is 1.51. The summed E-state index contributed by atoms with van der Waals surface area (Å²) in [6.07, 6.45) is 3.13. The zero-order chi connectivity index (χ0) is 13.9. The zero-order valence-corrected chi connectivity index (χ0v) is 11.8. The van der Waals surface area contributed by atoms with Crippen LogP contribution in [-0.4, -0.2) is 26.7 Å². The minimum absolute atomic E-state index is 0.00517. The first-order valence-electron chi connectivity index (χ1n) is 6.34. The van der Waals surface area contributed by atoms with Crippen molar-refractivity contribution in [3.63, 3.8) is 0 Å². The fourth-order valence-corrected chi connectivity index (χ4v) is 3.01. The van der Waals surface area contributed by atoms with Gasteiger partial charge < -0.3 is 5.32 Å². The van der Waals surface area contributed by atoms with E-state index in [9.17, 15) is 4.79 Å². The Bertz CT molecular complexity index is 687. The largest absolute Gasteiger partial charge is 0.347 e. The third-order valence-electron chi connectivity index (χ3n) is 2.95. The quantitative estimate of drug-likeness (QED) is 0.800. The third kappa shape index (κ3) is 2.70. The molecule has 1 atom stereocenters. The van der Waals surface area contributed by atoms with E-state index >= 15 is 0 Å². The molecule has 2 aromatic heterocycles. The minimum Gasteiger partial charge on any atom is -0.347 e. The maximum atomic E-state index is 12.2. The molecule has 0 bridgehead atoms. The summed E-state index contributed by atoms with van der Waals surface area (Å²) in [5, 5.41) is 8.11. The number of nitrogens with zero attached hydrogens (tertiary/aromatic N) is 3. The SMILES string of the molecule is CC(Cn1cncn1)NC(=O)c1cc2ccccc2s1. The highest BCUT2D eigenvalue weighted by Gasteiger charge is 2.13. The van der Waals surface area contributed by atoms with Crippen molar-refractivity contribution in [2.24, 2.45) is 0 Å². The van der Waals surface area contributed by atoms with E-state index in [2.05, 4.69) is 15.4 Å². The predicted octanol–water partition coefficient (Wildman–Crippen LogP) is 2.31. The number of carbonyl (C=O) groups is 1. The van der Waals surface area contributed by atoms with Crippen molar-refractivity contribution in [3.8, 4) is 0 Å². The van der Waals surface area contributed by atoms with Crippen LogP contribution in [0.15, 0.2) is 43.0 Å². The van der Waals surface area contributed by atoms with Gasteiger partial charge in [0.2, 0.25) is 0 Å². The average molecular weight is 286 g/mol. The number of hydrogen-bond acceptors (Lipinski definition) is 4. The molecule has 3 rings (SSSR count). The van der Waals surface area contributed by atoms with Crippen LogP contribution in [-0.2, 0) is 6.54 Å². The molecule has 0 radical (unpaired) electrons. The van der Waals surface area contributed by atoms with Crippen molar-refractivity contribution in [2.45, 2.75) is 19.5 Å². The molecule has 20 heavy (non-hydrogen) atoms. The Balaban J connectivity index is 1.69. The van der Waals surface area contributed by atoms with Crippen molar-refractivity contribution in [2.75, 3.05) is 0 Å². The van der Waals surface area contributed by atoms with Crippen LogP contribution in [0.5, 0.6) is 0 Å². The van der Waals surface area contributed by atoms with Gasteiger partial charge in [0.05, 0.1) is 11.4 Å².